The topological polar surface area (TPSA) is 61.9 Å². The predicted octanol–water partition coefficient (Wildman–Crippen LogP) is 1.94. The Morgan fingerprint density at radius 3 is 2.79 bits per heavy atom. The van der Waals surface area contributed by atoms with Gasteiger partial charge in [-0.15, -0.1) is 0 Å². The molecule has 1 aromatic heterocycles. The van der Waals surface area contributed by atoms with Crippen molar-refractivity contribution in [3.63, 3.8) is 0 Å². The van der Waals surface area contributed by atoms with Crippen LogP contribution in [0.3, 0.4) is 0 Å². The largest absolute Gasteiger partial charge is 0.340 e. The van der Waals surface area contributed by atoms with E-state index < -0.39 is 0 Å². The summed E-state index contributed by atoms with van der Waals surface area (Å²) in [6, 6.07) is 9.93. The van der Waals surface area contributed by atoms with Gasteiger partial charge in [0.25, 0.3) is 0 Å². The normalized spacial score (nSPS) is 12.1. The van der Waals surface area contributed by atoms with Crippen molar-refractivity contribution in [2.75, 3.05) is 7.05 Å². The van der Waals surface area contributed by atoms with Gasteiger partial charge in [-0.25, -0.2) is 4.98 Å². The van der Waals surface area contributed by atoms with E-state index in [0.29, 0.717) is 11.7 Å². The van der Waals surface area contributed by atoms with Gasteiger partial charge in [0.2, 0.25) is 5.91 Å². The molecule has 0 fully saturated rings. The minimum atomic E-state index is -0.193. The number of hydrogen-bond donors (Lipinski definition) is 1. The van der Waals surface area contributed by atoms with Crippen LogP contribution in [0.1, 0.15) is 12.5 Å². The van der Waals surface area contributed by atoms with E-state index in [-0.39, 0.29) is 11.2 Å². The second-order valence-corrected chi connectivity index (χ2v) is 5.56. The van der Waals surface area contributed by atoms with Crippen LogP contribution in [0.5, 0.6) is 0 Å². The van der Waals surface area contributed by atoms with Crippen LogP contribution in [0.2, 0.25) is 0 Å². The minimum absolute atomic E-state index is 0.0743. The smallest absolute Gasteiger partial charge is 0.235 e. The zero-order chi connectivity index (χ0) is 13.7. The highest BCUT2D eigenvalue weighted by molar-refractivity contribution is 8.00. The number of aromatic amines is 1. The number of carbonyl (C=O) groups excluding carboxylic acids is 1. The van der Waals surface area contributed by atoms with Crippen molar-refractivity contribution in [2.24, 2.45) is 0 Å². The zero-order valence-electron chi connectivity index (χ0n) is 10.9. The van der Waals surface area contributed by atoms with Crippen molar-refractivity contribution >= 4 is 17.7 Å². The monoisotopic (exact) mass is 276 g/mol. The summed E-state index contributed by atoms with van der Waals surface area (Å²) in [5, 5.41) is 6.98. The van der Waals surface area contributed by atoms with Crippen LogP contribution in [0.15, 0.2) is 41.8 Å². The molecule has 6 heteroatoms. The Labute approximate surface area is 116 Å². The molecular weight excluding hydrogens is 260 g/mol. The summed E-state index contributed by atoms with van der Waals surface area (Å²) in [7, 11) is 1.81. The number of nitrogens with one attached hydrogen (secondary N) is 1. The molecule has 1 N–H and O–H groups in total. The molecule has 5 nitrogen and oxygen atoms in total. The van der Waals surface area contributed by atoms with E-state index in [1.807, 2.05) is 44.3 Å². The third-order valence-corrected chi connectivity index (χ3v) is 3.64. The van der Waals surface area contributed by atoms with Crippen LogP contribution >= 0.6 is 11.8 Å². The Bertz CT molecular complexity index is 515. The van der Waals surface area contributed by atoms with Crippen molar-refractivity contribution in [2.45, 2.75) is 23.9 Å². The van der Waals surface area contributed by atoms with Crippen molar-refractivity contribution in [1.82, 2.24) is 20.1 Å². The molecule has 1 heterocycles. The van der Waals surface area contributed by atoms with E-state index in [9.17, 15) is 4.79 Å². The Morgan fingerprint density at radius 1 is 1.42 bits per heavy atom. The van der Waals surface area contributed by atoms with Gasteiger partial charge in [-0.1, -0.05) is 42.1 Å². The Balaban J connectivity index is 1.91. The van der Waals surface area contributed by atoms with Gasteiger partial charge in [-0.3, -0.25) is 9.89 Å². The molecule has 0 spiro atoms. The van der Waals surface area contributed by atoms with Gasteiger partial charge in [-0.05, 0) is 12.5 Å². The van der Waals surface area contributed by atoms with Crippen LogP contribution in [0.4, 0.5) is 0 Å². The summed E-state index contributed by atoms with van der Waals surface area (Å²) >= 11 is 1.38. The van der Waals surface area contributed by atoms with Gasteiger partial charge in [0.1, 0.15) is 6.33 Å². The predicted molar refractivity (Wildman–Crippen MR) is 74.6 cm³/mol. The van der Waals surface area contributed by atoms with Gasteiger partial charge in [0, 0.05) is 13.6 Å². The summed E-state index contributed by atoms with van der Waals surface area (Å²) in [5.74, 6) is 0.0743. The molecule has 0 radical (unpaired) electrons. The van der Waals surface area contributed by atoms with Gasteiger partial charge in [-0.2, -0.15) is 5.10 Å². The number of nitrogens with zero attached hydrogens (tertiary/aromatic N) is 3. The fourth-order valence-corrected chi connectivity index (χ4v) is 2.54. The highest BCUT2D eigenvalue weighted by Crippen LogP contribution is 2.20. The maximum absolute atomic E-state index is 12.2. The summed E-state index contributed by atoms with van der Waals surface area (Å²) in [4.78, 5) is 17.9. The molecule has 2 aromatic rings. The maximum atomic E-state index is 12.2. The van der Waals surface area contributed by atoms with E-state index in [2.05, 4.69) is 15.2 Å². The van der Waals surface area contributed by atoms with Crippen molar-refractivity contribution in [3.05, 3.63) is 42.2 Å². The highest BCUT2D eigenvalue weighted by Gasteiger charge is 2.19. The van der Waals surface area contributed by atoms with Crippen molar-refractivity contribution in [1.29, 1.82) is 0 Å². The fraction of sp³-hybridized carbons (Fsp3) is 0.308. The highest BCUT2D eigenvalue weighted by atomic mass is 32.2. The van der Waals surface area contributed by atoms with Gasteiger partial charge >= 0.3 is 0 Å². The van der Waals surface area contributed by atoms with Crippen LogP contribution in [-0.2, 0) is 11.3 Å². The first-order valence-corrected chi connectivity index (χ1v) is 6.85. The molecule has 0 saturated carbocycles. The number of benzene rings is 1. The summed E-state index contributed by atoms with van der Waals surface area (Å²) < 4.78 is 0. The molecule has 19 heavy (non-hydrogen) atoms. The van der Waals surface area contributed by atoms with E-state index in [4.69, 9.17) is 0 Å². The fourth-order valence-electron chi connectivity index (χ4n) is 1.71. The van der Waals surface area contributed by atoms with Gasteiger partial charge < -0.3 is 4.90 Å². The average Bonchev–Trinajstić information content (AvgIpc) is 2.91. The van der Waals surface area contributed by atoms with E-state index in [1.54, 1.807) is 4.90 Å². The Morgan fingerprint density at radius 2 is 2.16 bits per heavy atom. The molecule has 0 aliphatic carbocycles. The first-order valence-electron chi connectivity index (χ1n) is 5.97. The lowest BCUT2D eigenvalue weighted by atomic mass is 10.2. The van der Waals surface area contributed by atoms with E-state index >= 15 is 0 Å². The first-order chi connectivity index (χ1) is 9.16. The molecule has 0 aliphatic rings. The number of hydrogen-bond acceptors (Lipinski definition) is 4. The summed E-state index contributed by atoms with van der Waals surface area (Å²) in [6.07, 6.45) is 1.44. The Kier molecular flexibility index (Phi) is 4.57. The van der Waals surface area contributed by atoms with E-state index in [0.717, 1.165) is 5.56 Å². The van der Waals surface area contributed by atoms with Gasteiger partial charge in [0.15, 0.2) is 5.16 Å². The van der Waals surface area contributed by atoms with Crippen LogP contribution in [0, 0.1) is 0 Å². The summed E-state index contributed by atoms with van der Waals surface area (Å²) in [6.45, 7) is 2.48. The first kappa shape index (κ1) is 13.6. The molecule has 0 aliphatic heterocycles. The van der Waals surface area contributed by atoms with Crippen LogP contribution in [0.25, 0.3) is 0 Å². The zero-order valence-corrected chi connectivity index (χ0v) is 11.7. The number of H-pyrrole nitrogens is 1. The van der Waals surface area contributed by atoms with Crippen LogP contribution in [-0.4, -0.2) is 38.3 Å². The molecule has 0 unspecified atom stereocenters. The third kappa shape index (κ3) is 3.82. The minimum Gasteiger partial charge on any atom is -0.340 e. The second kappa shape index (κ2) is 6.38. The maximum Gasteiger partial charge on any atom is 0.235 e. The van der Waals surface area contributed by atoms with E-state index in [1.165, 1.54) is 18.1 Å². The number of carbonyl (C=O) groups is 1. The number of aromatic nitrogens is 3. The molecule has 2 rings (SSSR count). The molecule has 0 bridgehead atoms. The number of thioether (sulfide) groups is 1. The molecular formula is C13H16N4OS. The summed E-state index contributed by atoms with van der Waals surface area (Å²) in [5.41, 5.74) is 1.12. The molecule has 1 aromatic carbocycles. The van der Waals surface area contributed by atoms with Gasteiger partial charge in [0.05, 0.1) is 5.25 Å². The quantitative estimate of drug-likeness (QED) is 0.848. The lowest BCUT2D eigenvalue weighted by Gasteiger charge is -2.20. The molecule has 1 amide bonds. The molecule has 100 valence electrons. The number of amides is 1. The lowest BCUT2D eigenvalue weighted by Crippen LogP contribution is -2.32. The number of rotatable bonds is 5. The SMILES string of the molecule is C[C@H](Sc1ncn[nH]1)C(=O)N(C)Cc1ccccc1. The molecule has 1 atom stereocenters. The second-order valence-electron chi connectivity index (χ2n) is 4.23. The lowest BCUT2D eigenvalue weighted by molar-refractivity contribution is -0.129. The standard InChI is InChI=1S/C13H16N4OS/c1-10(19-13-14-9-15-16-13)12(18)17(2)8-11-6-4-3-5-7-11/h3-7,9-10H,8H2,1-2H3,(H,14,15,16)/t10-/m0/s1. The molecule has 0 saturated heterocycles. The Hall–Kier alpha value is -1.82. The van der Waals surface area contributed by atoms with Crippen molar-refractivity contribution in [3.8, 4) is 0 Å². The third-order valence-electron chi connectivity index (χ3n) is 2.67. The van der Waals surface area contributed by atoms with Crippen LogP contribution < -0.4 is 0 Å². The van der Waals surface area contributed by atoms with Crippen molar-refractivity contribution < 1.29 is 4.79 Å². The average molecular weight is 276 g/mol.